The molecule has 7 heteroatoms. The highest BCUT2D eigenvalue weighted by Crippen LogP contribution is 2.19. The minimum Gasteiger partial charge on any atom is -0.352 e. The van der Waals surface area contributed by atoms with E-state index in [9.17, 15) is 14.9 Å². The van der Waals surface area contributed by atoms with Gasteiger partial charge in [-0.2, -0.15) is 0 Å². The minimum absolute atomic E-state index is 0. The number of carbonyl (C=O) groups is 1. The number of nitrogens with one attached hydrogen (secondary N) is 2. The van der Waals surface area contributed by atoms with Crippen molar-refractivity contribution in [3.05, 3.63) is 39.4 Å². The molecule has 0 radical (unpaired) electrons. The van der Waals surface area contributed by atoms with Gasteiger partial charge in [-0.25, -0.2) is 0 Å². The molecule has 0 saturated heterocycles. The molecular formula is C12H18ClN3O3. The van der Waals surface area contributed by atoms with Gasteiger partial charge in [-0.1, -0.05) is 6.07 Å². The van der Waals surface area contributed by atoms with E-state index in [4.69, 9.17) is 0 Å². The normalized spacial score (nSPS) is 9.58. The van der Waals surface area contributed by atoms with E-state index in [1.54, 1.807) is 19.1 Å². The molecule has 0 spiro atoms. The first-order valence-corrected chi connectivity index (χ1v) is 5.74. The van der Waals surface area contributed by atoms with Crippen molar-refractivity contribution in [2.75, 3.05) is 20.1 Å². The lowest BCUT2D eigenvalue weighted by Crippen LogP contribution is -2.26. The molecule has 1 aromatic rings. The van der Waals surface area contributed by atoms with E-state index in [1.807, 2.05) is 7.05 Å². The Labute approximate surface area is 118 Å². The van der Waals surface area contributed by atoms with Gasteiger partial charge in [-0.05, 0) is 33.0 Å². The van der Waals surface area contributed by atoms with Crippen LogP contribution in [0, 0.1) is 17.0 Å². The number of carbonyl (C=O) groups excluding carboxylic acids is 1. The van der Waals surface area contributed by atoms with Crippen molar-refractivity contribution >= 4 is 24.0 Å². The quantitative estimate of drug-likeness (QED) is 0.473. The molecule has 0 fully saturated rings. The van der Waals surface area contributed by atoms with Crippen molar-refractivity contribution in [1.82, 2.24) is 10.6 Å². The van der Waals surface area contributed by atoms with Crippen molar-refractivity contribution in [2.24, 2.45) is 0 Å². The van der Waals surface area contributed by atoms with E-state index in [1.165, 1.54) is 6.07 Å². The molecule has 0 aromatic heterocycles. The minimum atomic E-state index is -0.479. The molecule has 2 N–H and O–H groups in total. The summed E-state index contributed by atoms with van der Waals surface area (Å²) in [6.07, 6.45) is 0.816. The monoisotopic (exact) mass is 287 g/mol. The van der Waals surface area contributed by atoms with Crippen LogP contribution in [0.5, 0.6) is 0 Å². The number of nitrogens with zero attached hydrogens (tertiary/aromatic N) is 1. The zero-order valence-corrected chi connectivity index (χ0v) is 11.8. The second-order valence-corrected chi connectivity index (χ2v) is 3.97. The molecular weight excluding hydrogens is 270 g/mol. The maximum atomic E-state index is 11.7. The lowest BCUT2D eigenvalue weighted by molar-refractivity contribution is -0.385. The van der Waals surface area contributed by atoms with Gasteiger partial charge in [0.25, 0.3) is 11.6 Å². The average Bonchev–Trinajstić information content (AvgIpc) is 2.34. The Bertz CT molecular complexity index is 452. The Balaban J connectivity index is 0.00000324. The van der Waals surface area contributed by atoms with Crippen molar-refractivity contribution in [2.45, 2.75) is 13.3 Å². The van der Waals surface area contributed by atoms with Gasteiger partial charge in [-0.3, -0.25) is 14.9 Å². The van der Waals surface area contributed by atoms with Crippen LogP contribution in [-0.2, 0) is 0 Å². The molecule has 6 nitrogen and oxygen atoms in total. The fourth-order valence-electron chi connectivity index (χ4n) is 1.52. The SMILES string of the molecule is CNCCCNC(=O)c1ccc(C)c([N+](=O)[O-])c1.Cl. The maximum Gasteiger partial charge on any atom is 0.273 e. The van der Waals surface area contributed by atoms with Gasteiger partial charge in [0.15, 0.2) is 0 Å². The van der Waals surface area contributed by atoms with E-state index in [-0.39, 0.29) is 24.0 Å². The summed E-state index contributed by atoms with van der Waals surface area (Å²) in [7, 11) is 1.84. The fourth-order valence-corrected chi connectivity index (χ4v) is 1.52. The van der Waals surface area contributed by atoms with Crippen molar-refractivity contribution < 1.29 is 9.72 Å². The van der Waals surface area contributed by atoms with Gasteiger partial charge in [-0.15, -0.1) is 12.4 Å². The third-order valence-corrected chi connectivity index (χ3v) is 2.56. The van der Waals surface area contributed by atoms with Crippen LogP contribution in [0.1, 0.15) is 22.3 Å². The Morgan fingerprint density at radius 1 is 1.37 bits per heavy atom. The van der Waals surface area contributed by atoms with E-state index < -0.39 is 4.92 Å². The summed E-state index contributed by atoms with van der Waals surface area (Å²) in [6, 6.07) is 4.49. The molecule has 1 amide bonds. The number of benzene rings is 1. The highest BCUT2D eigenvalue weighted by molar-refractivity contribution is 5.94. The molecule has 1 rings (SSSR count). The zero-order valence-electron chi connectivity index (χ0n) is 10.9. The van der Waals surface area contributed by atoms with Gasteiger partial charge in [0.2, 0.25) is 0 Å². The van der Waals surface area contributed by atoms with Crippen LogP contribution in [0.15, 0.2) is 18.2 Å². The molecule has 0 atom stereocenters. The second kappa shape index (κ2) is 8.44. The van der Waals surface area contributed by atoms with Crippen LogP contribution >= 0.6 is 12.4 Å². The van der Waals surface area contributed by atoms with Crippen LogP contribution in [-0.4, -0.2) is 31.0 Å². The van der Waals surface area contributed by atoms with Crippen molar-refractivity contribution in [3.8, 4) is 0 Å². The summed E-state index contributed by atoms with van der Waals surface area (Å²) in [5, 5.41) is 16.5. The third kappa shape index (κ3) is 5.23. The van der Waals surface area contributed by atoms with Crippen molar-refractivity contribution in [3.63, 3.8) is 0 Å². The second-order valence-electron chi connectivity index (χ2n) is 3.97. The highest BCUT2D eigenvalue weighted by atomic mass is 35.5. The van der Waals surface area contributed by atoms with Crippen LogP contribution in [0.25, 0.3) is 0 Å². The van der Waals surface area contributed by atoms with E-state index in [0.717, 1.165) is 13.0 Å². The lowest BCUT2D eigenvalue weighted by Gasteiger charge is -2.05. The van der Waals surface area contributed by atoms with Gasteiger partial charge in [0, 0.05) is 23.7 Å². The number of amides is 1. The van der Waals surface area contributed by atoms with Crippen LogP contribution < -0.4 is 10.6 Å². The summed E-state index contributed by atoms with van der Waals surface area (Å²) >= 11 is 0. The summed E-state index contributed by atoms with van der Waals surface area (Å²) in [6.45, 7) is 3.00. The molecule has 19 heavy (non-hydrogen) atoms. The number of hydrogen-bond acceptors (Lipinski definition) is 4. The number of nitro benzene ring substituents is 1. The molecule has 0 saturated carbocycles. The lowest BCUT2D eigenvalue weighted by atomic mass is 10.1. The van der Waals surface area contributed by atoms with E-state index in [2.05, 4.69) is 10.6 Å². The number of rotatable bonds is 6. The van der Waals surface area contributed by atoms with Crippen LogP contribution in [0.4, 0.5) is 5.69 Å². The topological polar surface area (TPSA) is 84.3 Å². The highest BCUT2D eigenvalue weighted by Gasteiger charge is 2.14. The Morgan fingerprint density at radius 3 is 2.63 bits per heavy atom. The molecule has 106 valence electrons. The zero-order chi connectivity index (χ0) is 13.5. The molecule has 0 heterocycles. The Hall–Kier alpha value is -1.66. The summed E-state index contributed by atoms with van der Waals surface area (Å²) < 4.78 is 0. The standard InChI is InChI=1S/C12H17N3O3.ClH/c1-9-4-5-10(8-11(9)15(17)18)12(16)14-7-3-6-13-2;/h4-5,8,13H,3,6-7H2,1-2H3,(H,14,16);1H. The largest absolute Gasteiger partial charge is 0.352 e. The smallest absolute Gasteiger partial charge is 0.273 e. The van der Waals surface area contributed by atoms with Gasteiger partial charge >= 0.3 is 0 Å². The molecule has 0 bridgehead atoms. The van der Waals surface area contributed by atoms with Crippen LogP contribution in [0.3, 0.4) is 0 Å². The van der Waals surface area contributed by atoms with E-state index >= 15 is 0 Å². The van der Waals surface area contributed by atoms with Gasteiger partial charge in [0.05, 0.1) is 4.92 Å². The first-order chi connectivity index (χ1) is 8.56. The predicted molar refractivity (Wildman–Crippen MR) is 76.0 cm³/mol. The maximum absolute atomic E-state index is 11.7. The summed E-state index contributed by atoms with van der Waals surface area (Å²) in [5.74, 6) is -0.283. The number of hydrogen-bond donors (Lipinski definition) is 2. The number of nitro groups is 1. The first kappa shape index (κ1) is 17.3. The molecule has 0 aliphatic heterocycles. The Kier molecular flexibility index (Phi) is 7.71. The first-order valence-electron chi connectivity index (χ1n) is 5.74. The fraction of sp³-hybridized carbons (Fsp3) is 0.417. The summed E-state index contributed by atoms with van der Waals surface area (Å²) in [4.78, 5) is 22.0. The molecule has 0 aliphatic rings. The molecule has 1 aromatic carbocycles. The molecule has 0 aliphatic carbocycles. The van der Waals surface area contributed by atoms with Gasteiger partial charge < -0.3 is 10.6 Å². The Morgan fingerprint density at radius 2 is 2.05 bits per heavy atom. The number of halogens is 1. The predicted octanol–water partition coefficient (Wildman–Crippen LogP) is 1.66. The summed E-state index contributed by atoms with van der Waals surface area (Å²) in [5.41, 5.74) is 0.835. The van der Waals surface area contributed by atoms with Crippen LogP contribution in [0.2, 0.25) is 0 Å². The molecule has 0 unspecified atom stereocenters. The van der Waals surface area contributed by atoms with Crippen molar-refractivity contribution in [1.29, 1.82) is 0 Å². The average molecular weight is 288 g/mol. The van der Waals surface area contributed by atoms with Gasteiger partial charge in [0.1, 0.15) is 0 Å². The number of aryl methyl sites for hydroxylation is 1. The van der Waals surface area contributed by atoms with E-state index in [0.29, 0.717) is 17.7 Å². The third-order valence-electron chi connectivity index (χ3n) is 2.56.